The minimum Gasteiger partial charge on any atom is -0.380 e. The third kappa shape index (κ3) is 4.22. The summed E-state index contributed by atoms with van der Waals surface area (Å²) in [4.78, 5) is 0.164. The molecule has 1 aromatic carbocycles. The van der Waals surface area contributed by atoms with Crippen molar-refractivity contribution in [2.75, 3.05) is 13.7 Å². The molecule has 0 aromatic heterocycles. The fourth-order valence-electron chi connectivity index (χ4n) is 1.04. The second kappa shape index (κ2) is 6.15. The van der Waals surface area contributed by atoms with Crippen LogP contribution in [0.4, 0.5) is 0 Å². The molecule has 4 nitrogen and oxygen atoms in total. The lowest BCUT2D eigenvalue weighted by atomic mass is 10.4. The summed E-state index contributed by atoms with van der Waals surface area (Å²) in [6.07, 6.45) is -0.180. The molecule has 0 aliphatic carbocycles. The number of nitrogens with one attached hydrogen (secondary N) is 1. The van der Waals surface area contributed by atoms with Gasteiger partial charge in [-0.05, 0) is 41.1 Å². The van der Waals surface area contributed by atoms with Gasteiger partial charge in [0.25, 0.3) is 0 Å². The van der Waals surface area contributed by atoms with Crippen LogP contribution in [0.1, 0.15) is 6.92 Å². The van der Waals surface area contributed by atoms with Gasteiger partial charge in [0.2, 0.25) is 10.0 Å². The van der Waals surface area contributed by atoms with Gasteiger partial charge in [-0.1, -0.05) is 11.6 Å². The molecule has 0 heterocycles. The van der Waals surface area contributed by atoms with Gasteiger partial charge in [0.05, 0.1) is 16.0 Å². The first-order chi connectivity index (χ1) is 7.86. The third-order valence-electron chi connectivity index (χ3n) is 2.16. The predicted molar refractivity (Wildman–Crippen MR) is 70.8 cm³/mol. The Balaban J connectivity index is 2.86. The fourth-order valence-corrected chi connectivity index (χ4v) is 2.83. The summed E-state index contributed by atoms with van der Waals surface area (Å²) in [7, 11) is -2.00. The zero-order valence-corrected chi connectivity index (χ0v) is 12.6. The Morgan fingerprint density at radius 2 is 2.18 bits per heavy atom. The Morgan fingerprint density at radius 1 is 1.53 bits per heavy atom. The molecule has 0 fully saturated rings. The Hall–Kier alpha value is -0.140. The minimum atomic E-state index is -3.52. The van der Waals surface area contributed by atoms with Gasteiger partial charge in [-0.2, -0.15) is 0 Å². The summed E-state index contributed by atoms with van der Waals surface area (Å²) in [5.74, 6) is 0. The molecule has 1 atom stereocenters. The summed E-state index contributed by atoms with van der Waals surface area (Å²) in [5, 5.41) is 0.467. The average molecular weight is 343 g/mol. The molecule has 1 N–H and O–H groups in total. The highest BCUT2D eigenvalue weighted by atomic mass is 79.9. The molecule has 0 bridgehead atoms. The first-order valence-corrected chi connectivity index (χ1v) is 7.49. The van der Waals surface area contributed by atoms with E-state index in [1.54, 1.807) is 6.92 Å². The highest BCUT2D eigenvalue weighted by Gasteiger charge is 2.16. The molecule has 0 saturated carbocycles. The van der Waals surface area contributed by atoms with Crippen LogP contribution < -0.4 is 4.72 Å². The first kappa shape index (κ1) is 14.9. The van der Waals surface area contributed by atoms with E-state index in [1.165, 1.54) is 25.3 Å². The fraction of sp³-hybridized carbons (Fsp3) is 0.400. The average Bonchev–Trinajstić information content (AvgIpc) is 2.29. The smallest absolute Gasteiger partial charge is 0.240 e. The molecule has 0 amide bonds. The van der Waals surface area contributed by atoms with Crippen molar-refractivity contribution in [3.8, 4) is 0 Å². The van der Waals surface area contributed by atoms with Crippen molar-refractivity contribution in [1.82, 2.24) is 4.72 Å². The van der Waals surface area contributed by atoms with Crippen molar-refractivity contribution in [3.63, 3.8) is 0 Å². The van der Waals surface area contributed by atoms with Crippen LogP contribution in [0, 0.1) is 0 Å². The molecule has 0 spiro atoms. The molecule has 1 unspecified atom stereocenters. The van der Waals surface area contributed by atoms with Crippen molar-refractivity contribution in [1.29, 1.82) is 0 Å². The number of ether oxygens (including phenoxy) is 1. The van der Waals surface area contributed by atoms with Crippen LogP contribution in [0.5, 0.6) is 0 Å². The summed E-state index contributed by atoms with van der Waals surface area (Å²) >= 11 is 8.98. The van der Waals surface area contributed by atoms with Gasteiger partial charge in [-0.3, -0.25) is 0 Å². The number of hydrogen-bond donors (Lipinski definition) is 1. The normalized spacial score (nSPS) is 13.6. The first-order valence-electron chi connectivity index (χ1n) is 4.84. The van der Waals surface area contributed by atoms with E-state index < -0.39 is 10.0 Å². The highest BCUT2D eigenvalue weighted by molar-refractivity contribution is 9.10. The maximum absolute atomic E-state index is 11.9. The van der Waals surface area contributed by atoms with Gasteiger partial charge >= 0.3 is 0 Å². The van der Waals surface area contributed by atoms with E-state index in [1.807, 2.05) is 0 Å². The number of rotatable bonds is 5. The van der Waals surface area contributed by atoms with E-state index in [2.05, 4.69) is 20.7 Å². The summed E-state index contributed by atoms with van der Waals surface area (Å²) < 4.78 is 31.7. The van der Waals surface area contributed by atoms with E-state index in [0.29, 0.717) is 9.50 Å². The zero-order valence-electron chi connectivity index (χ0n) is 9.41. The number of benzene rings is 1. The third-order valence-corrected chi connectivity index (χ3v) is 4.80. The largest absolute Gasteiger partial charge is 0.380 e. The molecule has 0 aliphatic heterocycles. The van der Waals surface area contributed by atoms with Crippen LogP contribution in [-0.4, -0.2) is 28.2 Å². The van der Waals surface area contributed by atoms with Crippen molar-refractivity contribution in [2.45, 2.75) is 17.9 Å². The molecular formula is C10H13BrClNO3S. The Kier molecular flexibility index (Phi) is 5.40. The molecule has 1 rings (SSSR count). The predicted octanol–water partition coefficient (Wildman–Crippen LogP) is 2.42. The van der Waals surface area contributed by atoms with Crippen molar-refractivity contribution in [2.24, 2.45) is 0 Å². The van der Waals surface area contributed by atoms with Gasteiger partial charge in [0, 0.05) is 18.1 Å². The second-order valence-electron chi connectivity index (χ2n) is 3.47. The Bertz CT molecular complexity index is 492. The topological polar surface area (TPSA) is 55.4 Å². The van der Waals surface area contributed by atoms with Crippen LogP contribution >= 0.6 is 27.5 Å². The Labute approximate surface area is 114 Å². The van der Waals surface area contributed by atoms with Gasteiger partial charge in [-0.25, -0.2) is 13.1 Å². The summed E-state index contributed by atoms with van der Waals surface area (Å²) in [6, 6.07) is 4.44. The van der Waals surface area contributed by atoms with E-state index in [0.717, 1.165) is 0 Å². The van der Waals surface area contributed by atoms with Gasteiger partial charge in [0.1, 0.15) is 0 Å². The van der Waals surface area contributed by atoms with Crippen LogP contribution in [0.3, 0.4) is 0 Å². The monoisotopic (exact) mass is 341 g/mol. The van der Waals surface area contributed by atoms with Gasteiger partial charge < -0.3 is 4.74 Å². The van der Waals surface area contributed by atoms with Crippen LogP contribution in [0.15, 0.2) is 27.6 Å². The van der Waals surface area contributed by atoms with E-state index in [9.17, 15) is 8.42 Å². The molecule has 0 radical (unpaired) electrons. The SMILES string of the molecule is COC(C)CNS(=O)(=O)c1ccc(Cl)c(Br)c1. The van der Waals surface area contributed by atoms with Gasteiger partial charge in [-0.15, -0.1) is 0 Å². The maximum Gasteiger partial charge on any atom is 0.240 e. The van der Waals surface area contributed by atoms with Gasteiger partial charge in [0.15, 0.2) is 0 Å². The molecule has 0 aliphatic rings. The Morgan fingerprint density at radius 3 is 2.71 bits per heavy atom. The summed E-state index contributed by atoms with van der Waals surface area (Å²) in [6.45, 7) is 2.00. The lowest BCUT2D eigenvalue weighted by molar-refractivity contribution is 0.122. The maximum atomic E-state index is 11.9. The minimum absolute atomic E-state index is 0.164. The van der Waals surface area contributed by atoms with Crippen LogP contribution in [-0.2, 0) is 14.8 Å². The standard InChI is InChI=1S/C10H13BrClNO3S/c1-7(16-2)6-13-17(14,15)8-3-4-10(12)9(11)5-8/h3-5,7,13H,6H2,1-2H3. The van der Waals surface area contributed by atoms with Crippen molar-refractivity contribution >= 4 is 37.6 Å². The number of halogens is 2. The van der Waals surface area contributed by atoms with E-state index >= 15 is 0 Å². The van der Waals surface area contributed by atoms with Crippen molar-refractivity contribution < 1.29 is 13.2 Å². The van der Waals surface area contributed by atoms with Crippen molar-refractivity contribution in [3.05, 3.63) is 27.7 Å². The molecule has 17 heavy (non-hydrogen) atoms. The quantitative estimate of drug-likeness (QED) is 0.894. The molecule has 1 aromatic rings. The highest BCUT2D eigenvalue weighted by Crippen LogP contribution is 2.25. The van der Waals surface area contributed by atoms with E-state index in [-0.39, 0.29) is 17.5 Å². The zero-order chi connectivity index (χ0) is 13.1. The second-order valence-corrected chi connectivity index (χ2v) is 6.50. The number of methoxy groups -OCH3 is 1. The molecular weight excluding hydrogens is 330 g/mol. The molecule has 0 saturated heterocycles. The van der Waals surface area contributed by atoms with Crippen LogP contribution in [0.2, 0.25) is 5.02 Å². The lowest BCUT2D eigenvalue weighted by Crippen LogP contribution is -2.31. The number of hydrogen-bond acceptors (Lipinski definition) is 3. The molecule has 96 valence electrons. The summed E-state index contributed by atoms with van der Waals surface area (Å²) in [5.41, 5.74) is 0. The molecule has 7 heteroatoms. The van der Waals surface area contributed by atoms with Crippen LogP contribution in [0.25, 0.3) is 0 Å². The number of sulfonamides is 1. The van der Waals surface area contributed by atoms with E-state index in [4.69, 9.17) is 16.3 Å². The lowest BCUT2D eigenvalue weighted by Gasteiger charge is -2.11.